The second-order valence-electron chi connectivity index (χ2n) is 5.20. The number of pyridine rings is 1. The van der Waals surface area contributed by atoms with Crippen LogP contribution in [0.5, 0.6) is 11.5 Å². The van der Waals surface area contributed by atoms with Gasteiger partial charge in [0.15, 0.2) is 11.5 Å². The van der Waals surface area contributed by atoms with Crippen molar-refractivity contribution in [1.29, 1.82) is 0 Å². The molecule has 0 saturated carbocycles. The van der Waals surface area contributed by atoms with E-state index in [0.29, 0.717) is 17.2 Å². The summed E-state index contributed by atoms with van der Waals surface area (Å²) in [5, 5.41) is 4.95. The third kappa shape index (κ3) is 2.77. The molecule has 0 saturated heterocycles. The number of carbonyl (C=O) groups excluding carboxylic acids is 1. The number of amides is 1. The van der Waals surface area contributed by atoms with E-state index in [-0.39, 0.29) is 12.7 Å². The van der Waals surface area contributed by atoms with Crippen LogP contribution in [0.15, 0.2) is 59.7 Å². The van der Waals surface area contributed by atoms with E-state index in [1.807, 2.05) is 36.4 Å². The fourth-order valence-corrected chi connectivity index (χ4v) is 2.41. The number of nitrogens with zero attached hydrogens (tertiary/aromatic N) is 2. The average molecular weight is 319 g/mol. The predicted molar refractivity (Wildman–Crippen MR) is 89.4 cm³/mol. The van der Waals surface area contributed by atoms with Crippen LogP contribution < -0.4 is 14.9 Å². The van der Waals surface area contributed by atoms with Crippen molar-refractivity contribution in [2.45, 2.75) is 0 Å². The molecule has 0 atom stereocenters. The SMILES string of the molecule is O=C(N/N=C\c1ccc2c(c1)OCO2)c1ccc2ccccc2n1. The minimum Gasteiger partial charge on any atom is -0.454 e. The van der Waals surface area contributed by atoms with Crippen molar-refractivity contribution in [3.63, 3.8) is 0 Å². The first-order valence-electron chi connectivity index (χ1n) is 7.38. The number of hydrogen-bond acceptors (Lipinski definition) is 5. The van der Waals surface area contributed by atoms with Crippen molar-refractivity contribution in [3.05, 3.63) is 65.9 Å². The Balaban J connectivity index is 1.47. The van der Waals surface area contributed by atoms with Gasteiger partial charge in [-0.1, -0.05) is 24.3 Å². The molecule has 0 aliphatic carbocycles. The zero-order chi connectivity index (χ0) is 16.4. The Kier molecular flexibility index (Phi) is 3.55. The van der Waals surface area contributed by atoms with E-state index in [1.165, 1.54) is 0 Å². The molecule has 4 rings (SSSR count). The van der Waals surface area contributed by atoms with E-state index < -0.39 is 0 Å². The number of nitrogens with one attached hydrogen (secondary N) is 1. The van der Waals surface area contributed by atoms with Gasteiger partial charge in [0.25, 0.3) is 5.91 Å². The first kappa shape index (κ1) is 14.2. The molecule has 1 aliphatic heterocycles. The number of carbonyl (C=O) groups is 1. The van der Waals surface area contributed by atoms with Crippen molar-refractivity contribution >= 4 is 23.0 Å². The Labute approximate surface area is 137 Å². The summed E-state index contributed by atoms with van der Waals surface area (Å²) >= 11 is 0. The lowest BCUT2D eigenvalue weighted by molar-refractivity contribution is 0.0950. The molecule has 0 radical (unpaired) electrons. The second-order valence-corrected chi connectivity index (χ2v) is 5.20. The maximum absolute atomic E-state index is 12.1. The molecular weight excluding hydrogens is 306 g/mol. The quantitative estimate of drug-likeness (QED) is 0.595. The van der Waals surface area contributed by atoms with Crippen LogP contribution in [0, 0.1) is 0 Å². The summed E-state index contributed by atoms with van der Waals surface area (Å²) in [7, 11) is 0. The van der Waals surface area contributed by atoms with Gasteiger partial charge in [-0.3, -0.25) is 4.79 Å². The Morgan fingerprint density at radius 2 is 1.96 bits per heavy atom. The number of benzene rings is 2. The Hall–Kier alpha value is -3.41. The van der Waals surface area contributed by atoms with Crippen LogP contribution in [0.25, 0.3) is 10.9 Å². The summed E-state index contributed by atoms with van der Waals surface area (Å²) in [6.07, 6.45) is 1.54. The van der Waals surface area contributed by atoms with Crippen LogP contribution in [-0.4, -0.2) is 23.9 Å². The molecule has 0 spiro atoms. The maximum Gasteiger partial charge on any atom is 0.289 e. The number of hydrazone groups is 1. The molecule has 1 amide bonds. The number of hydrogen-bond donors (Lipinski definition) is 1. The molecule has 3 aromatic rings. The van der Waals surface area contributed by atoms with Gasteiger partial charge in [-0.25, -0.2) is 10.4 Å². The van der Waals surface area contributed by atoms with Gasteiger partial charge in [0.2, 0.25) is 6.79 Å². The smallest absolute Gasteiger partial charge is 0.289 e. The van der Waals surface area contributed by atoms with Crippen molar-refractivity contribution < 1.29 is 14.3 Å². The lowest BCUT2D eigenvalue weighted by Gasteiger charge is -2.02. The standard InChI is InChI=1S/C18H13N3O3/c22-18(15-7-6-13-3-1-2-4-14(13)20-15)21-19-10-12-5-8-16-17(9-12)24-11-23-16/h1-10H,11H2,(H,21,22)/b19-10-. The van der Waals surface area contributed by atoms with Crippen LogP contribution in [0.1, 0.15) is 16.1 Å². The predicted octanol–water partition coefficient (Wildman–Crippen LogP) is 2.73. The first-order valence-corrected chi connectivity index (χ1v) is 7.38. The third-order valence-corrected chi connectivity index (χ3v) is 3.61. The molecule has 2 aromatic carbocycles. The zero-order valence-corrected chi connectivity index (χ0v) is 12.6. The summed E-state index contributed by atoms with van der Waals surface area (Å²) < 4.78 is 10.5. The number of rotatable bonds is 3. The van der Waals surface area contributed by atoms with Crippen LogP contribution >= 0.6 is 0 Å². The highest BCUT2D eigenvalue weighted by molar-refractivity contribution is 5.95. The average Bonchev–Trinajstić information content (AvgIpc) is 3.09. The lowest BCUT2D eigenvalue weighted by atomic mass is 10.2. The van der Waals surface area contributed by atoms with Crippen LogP contribution in [0.2, 0.25) is 0 Å². The van der Waals surface area contributed by atoms with Gasteiger partial charge < -0.3 is 9.47 Å². The molecular formula is C18H13N3O3. The summed E-state index contributed by atoms with van der Waals surface area (Å²) in [5.74, 6) is 1.01. The van der Waals surface area contributed by atoms with Crippen LogP contribution in [-0.2, 0) is 0 Å². The minimum absolute atomic E-state index is 0.223. The molecule has 118 valence electrons. The van der Waals surface area contributed by atoms with Gasteiger partial charge in [-0.2, -0.15) is 5.10 Å². The molecule has 0 bridgehead atoms. The van der Waals surface area contributed by atoms with E-state index in [2.05, 4.69) is 15.5 Å². The highest BCUT2D eigenvalue weighted by Gasteiger charge is 2.12. The molecule has 1 N–H and O–H groups in total. The summed E-state index contributed by atoms with van der Waals surface area (Å²) in [5.41, 5.74) is 4.36. The van der Waals surface area contributed by atoms with Gasteiger partial charge in [0.1, 0.15) is 5.69 Å². The lowest BCUT2D eigenvalue weighted by Crippen LogP contribution is -2.18. The third-order valence-electron chi connectivity index (χ3n) is 3.61. The highest BCUT2D eigenvalue weighted by Crippen LogP contribution is 2.31. The van der Waals surface area contributed by atoms with E-state index in [9.17, 15) is 4.79 Å². The minimum atomic E-state index is -0.363. The zero-order valence-electron chi connectivity index (χ0n) is 12.6. The molecule has 24 heavy (non-hydrogen) atoms. The van der Waals surface area contributed by atoms with Gasteiger partial charge in [0.05, 0.1) is 11.7 Å². The fraction of sp³-hybridized carbons (Fsp3) is 0.0556. The first-order chi connectivity index (χ1) is 11.8. The van der Waals surface area contributed by atoms with Crippen molar-refractivity contribution in [1.82, 2.24) is 10.4 Å². The topological polar surface area (TPSA) is 72.8 Å². The van der Waals surface area contributed by atoms with E-state index in [4.69, 9.17) is 9.47 Å². The highest BCUT2D eigenvalue weighted by atomic mass is 16.7. The molecule has 1 aliphatic rings. The van der Waals surface area contributed by atoms with Crippen LogP contribution in [0.3, 0.4) is 0 Å². The summed E-state index contributed by atoms with van der Waals surface area (Å²) in [6.45, 7) is 0.223. The second kappa shape index (κ2) is 6.00. The monoisotopic (exact) mass is 319 g/mol. The number of para-hydroxylation sites is 1. The van der Waals surface area contributed by atoms with E-state index >= 15 is 0 Å². The Morgan fingerprint density at radius 1 is 1.08 bits per heavy atom. The van der Waals surface area contributed by atoms with Crippen LogP contribution in [0.4, 0.5) is 0 Å². The molecule has 6 heteroatoms. The van der Waals surface area contributed by atoms with Gasteiger partial charge in [-0.05, 0) is 35.9 Å². The van der Waals surface area contributed by atoms with E-state index in [1.54, 1.807) is 24.4 Å². The van der Waals surface area contributed by atoms with E-state index in [0.717, 1.165) is 16.5 Å². The summed E-state index contributed by atoms with van der Waals surface area (Å²) in [6, 6.07) is 16.6. The molecule has 2 heterocycles. The molecule has 0 fully saturated rings. The molecule has 1 aromatic heterocycles. The number of aromatic nitrogens is 1. The largest absolute Gasteiger partial charge is 0.454 e. The number of fused-ring (bicyclic) bond motifs is 2. The fourth-order valence-electron chi connectivity index (χ4n) is 2.41. The van der Waals surface area contributed by atoms with Crippen molar-refractivity contribution in [2.24, 2.45) is 5.10 Å². The molecule has 6 nitrogen and oxygen atoms in total. The Bertz CT molecular complexity index is 953. The van der Waals surface area contributed by atoms with Crippen molar-refractivity contribution in [2.75, 3.05) is 6.79 Å². The van der Waals surface area contributed by atoms with Gasteiger partial charge in [-0.15, -0.1) is 0 Å². The van der Waals surface area contributed by atoms with Gasteiger partial charge >= 0.3 is 0 Å². The summed E-state index contributed by atoms with van der Waals surface area (Å²) in [4.78, 5) is 16.5. The van der Waals surface area contributed by atoms with Crippen molar-refractivity contribution in [3.8, 4) is 11.5 Å². The normalized spacial score (nSPS) is 12.7. The number of ether oxygens (including phenoxy) is 2. The maximum atomic E-state index is 12.1. The molecule has 0 unspecified atom stereocenters. The van der Waals surface area contributed by atoms with Gasteiger partial charge in [0, 0.05) is 5.39 Å². The Morgan fingerprint density at radius 3 is 2.92 bits per heavy atom.